The zero-order chi connectivity index (χ0) is 12.0. The molecule has 1 saturated carbocycles. The van der Waals surface area contributed by atoms with Crippen LogP contribution in [0.2, 0.25) is 0 Å². The predicted molar refractivity (Wildman–Crippen MR) is 69.7 cm³/mol. The van der Waals surface area contributed by atoms with Crippen molar-refractivity contribution in [3.05, 3.63) is 0 Å². The van der Waals surface area contributed by atoms with Crippen molar-refractivity contribution in [2.45, 2.75) is 71.4 Å². The van der Waals surface area contributed by atoms with E-state index >= 15 is 0 Å². The Labute approximate surface area is 101 Å². The third-order valence-electron chi connectivity index (χ3n) is 4.07. The van der Waals surface area contributed by atoms with E-state index in [0.29, 0.717) is 6.04 Å². The second-order valence-electron chi connectivity index (χ2n) is 5.22. The Morgan fingerprint density at radius 1 is 1.31 bits per heavy atom. The Morgan fingerprint density at radius 2 is 2.00 bits per heavy atom. The van der Waals surface area contributed by atoms with Crippen LogP contribution in [0.15, 0.2) is 0 Å². The molecule has 0 spiro atoms. The maximum absolute atomic E-state index is 6.03. The van der Waals surface area contributed by atoms with Crippen LogP contribution in [0.3, 0.4) is 0 Å². The highest BCUT2D eigenvalue weighted by molar-refractivity contribution is 4.96. The maximum Gasteiger partial charge on any atom is 0.0806 e. The van der Waals surface area contributed by atoms with Crippen molar-refractivity contribution in [2.24, 2.45) is 5.92 Å². The summed E-state index contributed by atoms with van der Waals surface area (Å²) in [4.78, 5) is 0. The number of hydrogen-bond acceptors (Lipinski definition) is 2. The normalized spacial score (nSPS) is 22.5. The van der Waals surface area contributed by atoms with Gasteiger partial charge in [0.05, 0.1) is 5.60 Å². The van der Waals surface area contributed by atoms with Crippen molar-refractivity contribution < 1.29 is 4.74 Å². The minimum atomic E-state index is 0.0228. The molecule has 96 valence electrons. The lowest BCUT2D eigenvalue weighted by Gasteiger charge is -2.45. The van der Waals surface area contributed by atoms with E-state index in [1.807, 2.05) is 0 Å². The van der Waals surface area contributed by atoms with Crippen LogP contribution in [-0.2, 0) is 4.74 Å². The smallest absolute Gasteiger partial charge is 0.0806 e. The van der Waals surface area contributed by atoms with Gasteiger partial charge in [0.15, 0.2) is 0 Å². The highest BCUT2D eigenvalue weighted by Gasteiger charge is 2.40. The van der Waals surface area contributed by atoms with Crippen molar-refractivity contribution in [3.63, 3.8) is 0 Å². The van der Waals surface area contributed by atoms with Crippen LogP contribution in [0.4, 0.5) is 0 Å². The van der Waals surface area contributed by atoms with Crippen LogP contribution in [0.25, 0.3) is 0 Å². The average Bonchev–Trinajstić information content (AvgIpc) is 2.21. The summed E-state index contributed by atoms with van der Waals surface area (Å²) in [5.74, 6) is 0.836. The van der Waals surface area contributed by atoms with E-state index in [1.54, 1.807) is 0 Å². The topological polar surface area (TPSA) is 21.3 Å². The molecule has 0 amide bonds. The molecular weight excluding hydrogens is 198 g/mol. The van der Waals surface area contributed by atoms with Crippen LogP contribution in [0.1, 0.15) is 59.8 Å². The molecule has 1 fully saturated rings. The predicted octanol–water partition coefficient (Wildman–Crippen LogP) is 3.36. The van der Waals surface area contributed by atoms with Crippen LogP contribution >= 0.6 is 0 Å². The van der Waals surface area contributed by atoms with Gasteiger partial charge in [0.2, 0.25) is 0 Å². The molecule has 0 heterocycles. The molecule has 2 unspecified atom stereocenters. The second kappa shape index (κ2) is 6.61. The van der Waals surface area contributed by atoms with Gasteiger partial charge in [0, 0.05) is 12.6 Å². The number of ether oxygens (including phenoxy) is 1. The van der Waals surface area contributed by atoms with Crippen molar-refractivity contribution in [2.75, 3.05) is 13.2 Å². The van der Waals surface area contributed by atoms with Gasteiger partial charge >= 0.3 is 0 Å². The largest absolute Gasteiger partial charge is 0.374 e. The Bertz CT molecular complexity index is 191. The summed E-state index contributed by atoms with van der Waals surface area (Å²) >= 11 is 0. The number of nitrogens with one attached hydrogen (secondary N) is 1. The molecule has 0 radical (unpaired) electrons. The van der Waals surface area contributed by atoms with Crippen molar-refractivity contribution in [1.29, 1.82) is 0 Å². The van der Waals surface area contributed by atoms with Crippen molar-refractivity contribution in [3.8, 4) is 0 Å². The van der Waals surface area contributed by atoms with Gasteiger partial charge in [-0.25, -0.2) is 0 Å². The Morgan fingerprint density at radius 3 is 2.38 bits per heavy atom. The summed E-state index contributed by atoms with van der Waals surface area (Å²) in [6.07, 6.45) is 6.46. The van der Waals surface area contributed by atoms with Gasteiger partial charge < -0.3 is 10.1 Å². The molecule has 2 atom stereocenters. The van der Waals surface area contributed by atoms with E-state index in [9.17, 15) is 0 Å². The fourth-order valence-corrected chi connectivity index (χ4v) is 2.70. The lowest BCUT2D eigenvalue weighted by atomic mass is 9.72. The zero-order valence-electron chi connectivity index (χ0n) is 11.5. The lowest BCUT2D eigenvalue weighted by molar-refractivity contribution is -0.0781. The van der Waals surface area contributed by atoms with Crippen molar-refractivity contribution in [1.82, 2.24) is 5.32 Å². The summed E-state index contributed by atoms with van der Waals surface area (Å²) in [6, 6.07) is 0.547. The minimum absolute atomic E-state index is 0.0228. The molecule has 16 heavy (non-hydrogen) atoms. The van der Waals surface area contributed by atoms with E-state index in [-0.39, 0.29) is 5.60 Å². The van der Waals surface area contributed by atoms with Gasteiger partial charge in [-0.15, -0.1) is 0 Å². The fourth-order valence-electron chi connectivity index (χ4n) is 2.70. The molecule has 0 bridgehead atoms. The maximum atomic E-state index is 6.03. The summed E-state index contributed by atoms with van der Waals surface area (Å²) < 4.78 is 6.03. The highest BCUT2D eigenvalue weighted by Crippen LogP contribution is 2.37. The van der Waals surface area contributed by atoms with Crippen LogP contribution < -0.4 is 5.32 Å². The minimum Gasteiger partial charge on any atom is -0.374 e. The van der Waals surface area contributed by atoms with Crippen LogP contribution in [0.5, 0.6) is 0 Å². The van der Waals surface area contributed by atoms with Crippen molar-refractivity contribution >= 4 is 0 Å². The first-order valence-electron chi connectivity index (χ1n) is 7.05. The van der Waals surface area contributed by atoms with Gasteiger partial charge in [-0.3, -0.25) is 0 Å². The Hall–Kier alpha value is -0.0800. The zero-order valence-corrected chi connectivity index (χ0v) is 11.5. The van der Waals surface area contributed by atoms with Gasteiger partial charge in [-0.05, 0) is 52.0 Å². The molecule has 0 saturated heterocycles. The lowest BCUT2D eigenvalue weighted by Crippen LogP contribution is -2.56. The van der Waals surface area contributed by atoms with Gasteiger partial charge in [0.25, 0.3) is 0 Å². The fraction of sp³-hybridized carbons (Fsp3) is 1.00. The van der Waals surface area contributed by atoms with Crippen LogP contribution in [0, 0.1) is 5.92 Å². The standard InChI is InChI=1S/C14H29NO/c1-5-11-15-13(12-9-8-10-12)14(4,6-2)16-7-3/h12-13,15H,5-11H2,1-4H3. The molecule has 1 aliphatic rings. The number of rotatable bonds is 8. The third kappa shape index (κ3) is 3.21. The molecule has 2 nitrogen and oxygen atoms in total. The molecule has 0 aromatic carbocycles. The summed E-state index contributed by atoms with van der Waals surface area (Å²) in [5.41, 5.74) is 0.0228. The molecule has 0 aromatic rings. The first-order chi connectivity index (χ1) is 7.68. The van der Waals surface area contributed by atoms with E-state index in [1.165, 1.54) is 25.7 Å². The monoisotopic (exact) mass is 227 g/mol. The van der Waals surface area contributed by atoms with E-state index < -0.39 is 0 Å². The Balaban J connectivity index is 2.62. The SMILES string of the molecule is CCCNC(C1CCC1)C(C)(CC)OCC. The molecule has 1 N–H and O–H groups in total. The third-order valence-corrected chi connectivity index (χ3v) is 4.07. The van der Waals surface area contributed by atoms with Gasteiger partial charge in [-0.2, -0.15) is 0 Å². The number of hydrogen-bond donors (Lipinski definition) is 1. The van der Waals surface area contributed by atoms with Gasteiger partial charge in [-0.1, -0.05) is 20.3 Å². The molecule has 1 aliphatic carbocycles. The quantitative estimate of drug-likeness (QED) is 0.686. The first kappa shape index (κ1) is 14.0. The van der Waals surface area contributed by atoms with Crippen LogP contribution in [-0.4, -0.2) is 24.8 Å². The summed E-state index contributed by atoms with van der Waals surface area (Å²) in [5, 5.41) is 3.72. The molecular formula is C14H29NO. The second-order valence-corrected chi connectivity index (χ2v) is 5.22. The van der Waals surface area contributed by atoms with Gasteiger partial charge in [0.1, 0.15) is 0 Å². The average molecular weight is 227 g/mol. The molecule has 0 aliphatic heterocycles. The summed E-state index contributed by atoms with van der Waals surface area (Å²) in [6.45, 7) is 10.8. The van der Waals surface area contributed by atoms with E-state index in [4.69, 9.17) is 4.74 Å². The van der Waals surface area contributed by atoms with E-state index in [0.717, 1.165) is 25.5 Å². The molecule has 2 heteroatoms. The van der Waals surface area contributed by atoms with E-state index in [2.05, 4.69) is 33.0 Å². The first-order valence-corrected chi connectivity index (χ1v) is 7.05. The summed E-state index contributed by atoms with van der Waals surface area (Å²) in [7, 11) is 0. The molecule has 0 aromatic heterocycles. The molecule has 1 rings (SSSR count). The Kier molecular flexibility index (Phi) is 5.77. The highest BCUT2D eigenvalue weighted by atomic mass is 16.5.